The molecular weight excluding hydrogens is 442 g/mol. The van der Waals surface area contributed by atoms with E-state index >= 15 is 0 Å². The van der Waals surface area contributed by atoms with Crippen molar-refractivity contribution < 1.29 is 9.53 Å². The van der Waals surface area contributed by atoms with Gasteiger partial charge in [0.05, 0.1) is 25.4 Å². The van der Waals surface area contributed by atoms with Gasteiger partial charge in [0.1, 0.15) is 10.8 Å². The molecule has 2 aliphatic rings. The van der Waals surface area contributed by atoms with Crippen molar-refractivity contribution in [2.45, 2.75) is 38.3 Å². The predicted molar refractivity (Wildman–Crippen MR) is 136 cm³/mol. The second-order valence-corrected chi connectivity index (χ2v) is 9.98. The molecule has 34 heavy (non-hydrogen) atoms. The Kier molecular flexibility index (Phi) is 5.38. The van der Waals surface area contributed by atoms with Crippen LogP contribution in [-0.2, 0) is 19.4 Å². The normalized spacial score (nSPS) is 16.7. The van der Waals surface area contributed by atoms with Crippen molar-refractivity contribution >= 4 is 23.1 Å². The largest absolute Gasteiger partial charge is 0.497 e. The van der Waals surface area contributed by atoms with Gasteiger partial charge in [-0.05, 0) is 61.1 Å². The number of urea groups is 1. The number of methoxy groups -OCH3 is 1. The summed E-state index contributed by atoms with van der Waals surface area (Å²) in [5.41, 5.74) is 5.70. The smallest absolute Gasteiger partial charge is 0.322 e. The van der Waals surface area contributed by atoms with E-state index in [1.54, 1.807) is 7.11 Å². The Labute approximate surface area is 203 Å². The summed E-state index contributed by atoms with van der Waals surface area (Å²) in [7, 11) is 1.64. The third-order valence-electron chi connectivity index (χ3n) is 6.88. The van der Waals surface area contributed by atoms with E-state index in [9.17, 15) is 4.79 Å². The Morgan fingerprint density at radius 2 is 1.85 bits per heavy atom. The first kappa shape index (κ1) is 21.1. The molecule has 3 heterocycles. The topological polar surface area (TPSA) is 46.5 Å². The van der Waals surface area contributed by atoms with E-state index in [0.717, 1.165) is 35.5 Å². The molecule has 172 valence electrons. The predicted octanol–water partition coefficient (Wildman–Crippen LogP) is 6.56. The van der Waals surface area contributed by atoms with Gasteiger partial charge in [-0.2, -0.15) is 0 Å². The summed E-state index contributed by atoms with van der Waals surface area (Å²) >= 11 is 1.91. The number of amides is 2. The second kappa shape index (κ2) is 8.69. The molecule has 2 amide bonds. The Morgan fingerprint density at radius 3 is 2.71 bits per heavy atom. The van der Waals surface area contributed by atoms with E-state index in [1.165, 1.54) is 33.8 Å². The van der Waals surface area contributed by atoms with Gasteiger partial charge in [-0.15, -0.1) is 11.3 Å². The molecule has 0 bridgehead atoms. The minimum absolute atomic E-state index is 0.113. The van der Waals surface area contributed by atoms with Gasteiger partial charge >= 0.3 is 6.03 Å². The Morgan fingerprint density at radius 1 is 1.00 bits per heavy atom. The number of carbonyl (C=O) groups is 1. The average Bonchev–Trinajstić information content (AvgIpc) is 3.46. The summed E-state index contributed by atoms with van der Waals surface area (Å²) in [6, 6.07) is 21.8. The number of anilines is 1. The number of benzene rings is 2. The Bertz CT molecular complexity index is 1340. The van der Waals surface area contributed by atoms with Crippen LogP contribution in [-0.4, -0.2) is 22.6 Å². The maximum absolute atomic E-state index is 13.9. The van der Waals surface area contributed by atoms with E-state index < -0.39 is 0 Å². The van der Waals surface area contributed by atoms with Gasteiger partial charge in [-0.25, -0.2) is 4.79 Å². The van der Waals surface area contributed by atoms with Crippen LogP contribution >= 0.6 is 11.3 Å². The van der Waals surface area contributed by atoms with Gasteiger partial charge in [0.2, 0.25) is 0 Å². The summed E-state index contributed by atoms with van der Waals surface area (Å²) in [6.07, 6.45) is 6.85. The van der Waals surface area contributed by atoms with Crippen molar-refractivity contribution in [2.75, 3.05) is 12.4 Å². The molecule has 6 rings (SSSR count). The van der Waals surface area contributed by atoms with Crippen molar-refractivity contribution in [3.05, 3.63) is 100 Å². The number of carbonyl (C=O) groups excluding carboxylic acids is 1. The lowest BCUT2D eigenvalue weighted by Crippen LogP contribution is -2.38. The minimum Gasteiger partial charge on any atom is -0.497 e. The molecule has 0 spiro atoms. The summed E-state index contributed by atoms with van der Waals surface area (Å²) in [5.74, 6) is 0.719. The van der Waals surface area contributed by atoms with Gasteiger partial charge in [-0.3, -0.25) is 0 Å². The van der Waals surface area contributed by atoms with E-state index in [1.807, 2.05) is 58.7 Å². The number of fused-ring (bicyclic) bond motifs is 5. The number of aryl methyl sites for hydroxylation is 1. The average molecular weight is 470 g/mol. The molecule has 0 saturated carbocycles. The zero-order valence-corrected chi connectivity index (χ0v) is 20.0. The van der Waals surface area contributed by atoms with Crippen LogP contribution in [0.2, 0.25) is 0 Å². The molecule has 2 aromatic heterocycles. The van der Waals surface area contributed by atoms with Gasteiger partial charge in [-0.1, -0.05) is 36.4 Å². The molecule has 0 radical (unpaired) electrons. The van der Waals surface area contributed by atoms with Gasteiger partial charge in [0.25, 0.3) is 0 Å². The number of nitrogens with one attached hydrogen (secondary N) is 1. The lowest BCUT2D eigenvalue weighted by Gasteiger charge is -2.31. The van der Waals surface area contributed by atoms with E-state index in [4.69, 9.17) is 4.74 Å². The molecule has 0 fully saturated rings. The van der Waals surface area contributed by atoms with Crippen molar-refractivity contribution in [2.24, 2.45) is 0 Å². The summed E-state index contributed by atoms with van der Waals surface area (Å²) in [6.45, 7) is 0.582. The fourth-order valence-corrected chi connectivity index (χ4v) is 6.67. The first-order valence-electron chi connectivity index (χ1n) is 11.8. The summed E-state index contributed by atoms with van der Waals surface area (Å²) < 4.78 is 7.67. The van der Waals surface area contributed by atoms with Crippen LogP contribution in [0.1, 0.15) is 46.1 Å². The van der Waals surface area contributed by atoms with Crippen molar-refractivity contribution in [1.29, 1.82) is 0 Å². The molecule has 4 aromatic rings. The van der Waals surface area contributed by atoms with Crippen molar-refractivity contribution in [1.82, 2.24) is 9.47 Å². The number of rotatable bonds is 3. The van der Waals surface area contributed by atoms with Crippen molar-refractivity contribution in [3.8, 4) is 10.8 Å². The highest BCUT2D eigenvalue weighted by Gasteiger charge is 2.36. The monoisotopic (exact) mass is 469 g/mol. The van der Waals surface area contributed by atoms with E-state index in [0.29, 0.717) is 6.54 Å². The zero-order valence-electron chi connectivity index (χ0n) is 19.2. The fourth-order valence-electron chi connectivity index (χ4n) is 5.27. The Balaban J connectivity index is 1.48. The van der Waals surface area contributed by atoms with Crippen LogP contribution in [0.15, 0.2) is 72.9 Å². The Hall–Kier alpha value is -3.51. The second-order valence-electron chi connectivity index (χ2n) is 8.90. The highest BCUT2D eigenvalue weighted by atomic mass is 32.1. The molecule has 1 N–H and O–H groups in total. The molecular formula is C28H27N3O2S. The number of nitrogens with zero attached hydrogens (tertiary/aromatic N) is 2. The van der Waals surface area contributed by atoms with E-state index in [-0.39, 0.29) is 12.1 Å². The van der Waals surface area contributed by atoms with Gasteiger partial charge < -0.3 is 19.5 Å². The van der Waals surface area contributed by atoms with Gasteiger partial charge in [0, 0.05) is 28.4 Å². The quantitative estimate of drug-likeness (QED) is 0.369. The number of ether oxygens (including phenoxy) is 1. The first-order valence-corrected chi connectivity index (χ1v) is 12.6. The van der Waals surface area contributed by atoms with Crippen LogP contribution in [0.4, 0.5) is 10.5 Å². The molecule has 1 aliphatic heterocycles. The SMILES string of the molecule is COc1cccc(NC(=O)N2Cc3c(sc4c3CCCC4)-n3cccc3[C@@H]2c2ccccc2)c1. The van der Waals surface area contributed by atoms with Crippen LogP contribution in [0.5, 0.6) is 5.75 Å². The summed E-state index contributed by atoms with van der Waals surface area (Å²) in [5, 5.41) is 4.41. The van der Waals surface area contributed by atoms with Crippen LogP contribution in [0.25, 0.3) is 5.00 Å². The number of thiophene rings is 1. The molecule has 0 unspecified atom stereocenters. The standard InChI is InChI=1S/C28H27N3O2S/c1-33-21-12-7-11-20(17-21)29-28(32)31-18-23-22-13-5-6-15-25(22)34-27(23)30-16-8-14-24(30)26(31)19-9-3-2-4-10-19/h2-4,7-12,14,16-17,26H,5-6,13,15,18H2,1H3,(H,29,32)/t26-/m0/s1. The van der Waals surface area contributed by atoms with Crippen LogP contribution in [0, 0.1) is 0 Å². The third-order valence-corrected chi connectivity index (χ3v) is 8.21. The highest BCUT2D eigenvalue weighted by Crippen LogP contribution is 2.44. The lowest BCUT2D eigenvalue weighted by molar-refractivity contribution is 0.194. The van der Waals surface area contributed by atoms with Crippen molar-refractivity contribution in [3.63, 3.8) is 0 Å². The molecule has 1 aliphatic carbocycles. The molecule has 6 heteroatoms. The minimum atomic E-state index is -0.194. The number of hydrogen-bond donors (Lipinski definition) is 1. The van der Waals surface area contributed by atoms with Crippen LogP contribution in [0.3, 0.4) is 0 Å². The highest BCUT2D eigenvalue weighted by molar-refractivity contribution is 7.15. The van der Waals surface area contributed by atoms with E-state index in [2.05, 4.69) is 40.3 Å². The third kappa shape index (κ3) is 3.59. The van der Waals surface area contributed by atoms with Crippen LogP contribution < -0.4 is 10.1 Å². The molecule has 5 nitrogen and oxygen atoms in total. The van der Waals surface area contributed by atoms with Gasteiger partial charge in [0.15, 0.2) is 0 Å². The lowest BCUT2D eigenvalue weighted by atomic mass is 9.95. The number of hydrogen-bond acceptors (Lipinski definition) is 3. The first-order chi connectivity index (χ1) is 16.7. The molecule has 0 saturated heterocycles. The molecule has 2 aromatic carbocycles. The summed E-state index contributed by atoms with van der Waals surface area (Å²) in [4.78, 5) is 17.4. The molecule has 1 atom stereocenters. The number of aromatic nitrogens is 1. The maximum Gasteiger partial charge on any atom is 0.322 e. The maximum atomic E-state index is 13.9. The zero-order chi connectivity index (χ0) is 23.1. The fraction of sp³-hybridized carbons (Fsp3) is 0.250.